The summed E-state index contributed by atoms with van der Waals surface area (Å²) in [5, 5.41) is 3.19. The van der Waals surface area contributed by atoms with E-state index in [4.69, 9.17) is 0 Å². The minimum absolute atomic E-state index is 0.0594. The van der Waals surface area contributed by atoms with Gasteiger partial charge in [-0.2, -0.15) is 0 Å². The first-order valence-corrected chi connectivity index (χ1v) is 9.88. The summed E-state index contributed by atoms with van der Waals surface area (Å²) in [5.41, 5.74) is 1.84. The van der Waals surface area contributed by atoms with Gasteiger partial charge in [-0.3, -0.25) is 9.59 Å². The number of piperidine rings is 1. The molecule has 0 bridgehead atoms. The fourth-order valence-corrected chi connectivity index (χ4v) is 4.50. The summed E-state index contributed by atoms with van der Waals surface area (Å²) >= 11 is 0. The van der Waals surface area contributed by atoms with Crippen molar-refractivity contribution in [2.24, 2.45) is 5.92 Å². The Balaban J connectivity index is 1.25. The second-order valence-electron chi connectivity index (χ2n) is 8.38. The van der Waals surface area contributed by atoms with Gasteiger partial charge in [0, 0.05) is 51.1 Å². The van der Waals surface area contributed by atoms with E-state index in [-0.39, 0.29) is 23.8 Å². The summed E-state index contributed by atoms with van der Waals surface area (Å²) < 4.78 is 0. The van der Waals surface area contributed by atoms with Crippen molar-refractivity contribution < 1.29 is 9.59 Å². The third-order valence-corrected chi connectivity index (χ3v) is 6.41. The number of carbonyl (C=O) groups is 2. The highest BCUT2D eigenvalue weighted by molar-refractivity contribution is 5.89. The van der Waals surface area contributed by atoms with Crippen LogP contribution in [0.25, 0.3) is 0 Å². The van der Waals surface area contributed by atoms with Gasteiger partial charge in [-0.15, -0.1) is 0 Å². The summed E-state index contributed by atoms with van der Waals surface area (Å²) in [6, 6.07) is 11.2. The van der Waals surface area contributed by atoms with Crippen LogP contribution >= 0.6 is 0 Å². The van der Waals surface area contributed by atoms with Gasteiger partial charge in [0.05, 0.1) is 5.92 Å². The molecule has 5 heteroatoms. The van der Waals surface area contributed by atoms with E-state index in [9.17, 15) is 9.59 Å². The Labute approximate surface area is 155 Å². The van der Waals surface area contributed by atoms with Gasteiger partial charge in [0.15, 0.2) is 0 Å². The number of rotatable bonds is 5. The van der Waals surface area contributed by atoms with Gasteiger partial charge in [0.2, 0.25) is 11.8 Å². The molecule has 2 heterocycles. The van der Waals surface area contributed by atoms with E-state index in [0.29, 0.717) is 18.4 Å². The lowest BCUT2D eigenvalue weighted by Gasteiger charge is -2.35. The molecule has 1 aromatic rings. The number of likely N-dealkylation sites (tertiary alicyclic amines) is 2. The summed E-state index contributed by atoms with van der Waals surface area (Å²) in [5.74, 6) is -0.0296. The van der Waals surface area contributed by atoms with Crippen molar-refractivity contribution in [3.63, 3.8) is 0 Å². The van der Waals surface area contributed by atoms with E-state index < -0.39 is 0 Å². The van der Waals surface area contributed by atoms with Gasteiger partial charge in [-0.05, 0) is 31.2 Å². The molecule has 1 N–H and O–H groups in total. The third kappa shape index (κ3) is 3.63. The average Bonchev–Trinajstić information content (AvgIpc) is 3.36. The molecule has 0 aromatic heterocycles. The first-order valence-electron chi connectivity index (χ1n) is 9.88. The molecule has 2 saturated heterocycles. The fraction of sp³-hybridized carbons (Fsp3) is 0.619. The molecule has 1 aliphatic carbocycles. The van der Waals surface area contributed by atoms with Crippen molar-refractivity contribution in [2.45, 2.75) is 43.6 Å². The minimum atomic E-state index is -0.168. The monoisotopic (exact) mass is 355 g/mol. The van der Waals surface area contributed by atoms with Crippen LogP contribution in [0.4, 0.5) is 0 Å². The van der Waals surface area contributed by atoms with Crippen molar-refractivity contribution in [3.05, 3.63) is 35.9 Å². The molecule has 2 amide bonds. The minimum Gasteiger partial charge on any atom is -0.353 e. The van der Waals surface area contributed by atoms with Crippen molar-refractivity contribution >= 4 is 11.8 Å². The van der Waals surface area contributed by atoms with Crippen LogP contribution in [-0.2, 0) is 15.0 Å². The van der Waals surface area contributed by atoms with E-state index in [1.54, 1.807) is 11.9 Å². The van der Waals surface area contributed by atoms with Crippen LogP contribution in [0.5, 0.6) is 0 Å². The van der Waals surface area contributed by atoms with Crippen LogP contribution in [0.3, 0.4) is 0 Å². The Hall–Kier alpha value is -1.88. The number of hydrogen-bond donors (Lipinski definition) is 1. The van der Waals surface area contributed by atoms with Crippen molar-refractivity contribution in [1.29, 1.82) is 0 Å². The summed E-state index contributed by atoms with van der Waals surface area (Å²) in [7, 11) is 1.77. The first-order chi connectivity index (χ1) is 12.6. The van der Waals surface area contributed by atoms with Gasteiger partial charge < -0.3 is 15.1 Å². The molecule has 0 spiro atoms. The van der Waals surface area contributed by atoms with E-state index in [0.717, 1.165) is 32.5 Å². The highest BCUT2D eigenvalue weighted by atomic mass is 16.2. The molecule has 1 saturated carbocycles. The predicted molar refractivity (Wildman–Crippen MR) is 101 cm³/mol. The highest BCUT2D eigenvalue weighted by Gasteiger charge is 2.45. The Bertz CT molecular complexity index is 663. The third-order valence-electron chi connectivity index (χ3n) is 6.41. The van der Waals surface area contributed by atoms with Crippen LogP contribution in [0.15, 0.2) is 30.3 Å². The number of nitrogens with one attached hydrogen (secondary N) is 1. The van der Waals surface area contributed by atoms with E-state index >= 15 is 0 Å². The SMILES string of the molecule is CN1C[C@H](C(=O)NC2CCN(CC3(c4ccccc4)CC3)CC2)CC1=O. The van der Waals surface area contributed by atoms with E-state index in [2.05, 4.69) is 40.5 Å². The maximum absolute atomic E-state index is 12.4. The van der Waals surface area contributed by atoms with Crippen molar-refractivity contribution in [2.75, 3.05) is 33.2 Å². The van der Waals surface area contributed by atoms with Crippen molar-refractivity contribution in [1.82, 2.24) is 15.1 Å². The predicted octanol–water partition coefficient (Wildman–Crippen LogP) is 1.78. The van der Waals surface area contributed by atoms with Crippen LogP contribution in [-0.4, -0.2) is 60.9 Å². The molecule has 3 fully saturated rings. The summed E-state index contributed by atoms with van der Waals surface area (Å²) in [6.45, 7) is 3.79. The molecule has 140 valence electrons. The summed E-state index contributed by atoms with van der Waals surface area (Å²) in [4.78, 5) is 28.2. The number of hydrogen-bond acceptors (Lipinski definition) is 3. The van der Waals surface area contributed by atoms with Crippen LogP contribution in [0, 0.1) is 5.92 Å². The van der Waals surface area contributed by atoms with Crippen LogP contribution in [0.1, 0.15) is 37.7 Å². The van der Waals surface area contributed by atoms with Gasteiger partial charge in [-0.1, -0.05) is 30.3 Å². The van der Waals surface area contributed by atoms with Gasteiger partial charge in [0.1, 0.15) is 0 Å². The Morgan fingerprint density at radius 1 is 1.19 bits per heavy atom. The zero-order valence-corrected chi connectivity index (χ0v) is 15.6. The van der Waals surface area contributed by atoms with Gasteiger partial charge >= 0.3 is 0 Å². The molecule has 0 radical (unpaired) electrons. The topological polar surface area (TPSA) is 52.7 Å². The maximum atomic E-state index is 12.4. The molecule has 4 rings (SSSR count). The molecular weight excluding hydrogens is 326 g/mol. The average molecular weight is 355 g/mol. The second kappa shape index (κ2) is 7.03. The lowest BCUT2D eigenvalue weighted by molar-refractivity contribution is -0.128. The van der Waals surface area contributed by atoms with Crippen LogP contribution < -0.4 is 5.32 Å². The molecule has 3 aliphatic rings. The van der Waals surface area contributed by atoms with Gasteiger partial charge in [0.25, 0.3) is 0 Å². The smallest absolute Gasteiger partial charge is 0.225 e. The maximum Gasteiger partial charge on any atom is 0.225 e. The van der Waals surface area contributed by atoms with Crippen LogP contribution in [0.2, 0.25) is 0 Å². The molecule has 1 atom stereocenters. The molecule has 0 unspecified atom stereocenters. The molecular formula is C21H29N3O2. The largest absolute Gasteiger partial charge is 0.353 e. The fourth-order valence-electron chi connectivity index (χ4n) is 4.50. The number of carbonyl (C=O) groups excluding carboxylic acids is 2. The lowest BCUT2D eigenvalue weighted by Crippen LogP contribution is -2.48. The first kappa shape index (κ1) is 17.5. The Morgan fingerprint density at radius 3 is 2.46 bits per heavy atom. The second-order valence-corrected chi connectivity index (χ2v) is 8.38. The zero-order chi connectivity index (χ0) is 18.1. The van der Waals surface area contributed by atoms with E-state index in [1.807, 2.05) is 0 Å². The number of benzene rings is 1. The number of amides is 2. The summed E-state index contributed by atoms with van der Waals surface area (Å²) in [6.07, 6.45) is 4.95. The molecule has 26 heavy (non-hydrogen) atoms. The lowest BCUT2D eigenvalue weighted by atomic mass is 9.94. The Kier molecular flexibility index (Phi) is 4.74. The molecule has 2 aliphatic heterocycles. The van der Waals surface area contributed by atoms with E-state index in [1.165, 1.54) is 18.4 Å². The zero-order valence-electron chi connectivity index (χ0n) is 15.6. The normalized spacial score (nSPS) is 26.1. The van der Waals surface area contributed by atoms with Gasteiger partial charge in [-0.25, -0.2) is 0 Å². The number of nitrogens with zero attached hydrogens (tertiary/aromatic N) is 2. The Morgan fingerprint density at radius 2 is 1.88 bits per heavy atom. The standard InChI is InChI=1S/C21H29N3O2/c1-23-14-16(13-19(23)25)20(26)22-18-7-11-24(12-8-18)15-21(9-10-21)17-5-3-2-4-6-17/h2-6,16,18H,7-15H2,1H3,(H,22,26)/t16-/m1/s1. The highest BCUT2D eigenvalue weighted by Crippen LogP contribution is 2.48. The molecule has 5 nitrogen and oxygen atoms in total. The van der Waals surface area contributed by atoms with Crippen molar-refractivity contribution in [3.8, 4) is 0 Å². The molecule has 1 aromatic carbocycles. The quantitative estimate of drug-likeness (QED) is 0.876.